The third-order valence-corrected chi connectivity index (χ3v) is 2.34. The molecule has 0 radical (unpaired) electrons. The van der Waals surface area contributed by atoms with Gasteiger partial charge in [0.1, 0.15) is 6.04 Å². The monoisotopic (exact) mass is 200 g/mol. The van der Waals surface area contributed by atoms with Gasteiger partial charge in [0.2, 0.25) is 5.91 Å². The third kappa shape index (κ3) is 2.70. The van der Waals surface area contributed by atoms with Crippen LogP contribution in [0.2, 0.25) is 0 Å². The summed E-state index contributed by atoms with van der Waals surface area (Å²) in [7, 11) is 1.31. The summed E-state index contributed by atoms with van der Waals surface area (Å²) in [6.45, 7) is 3.18. The van der Waals surface area contributed by atoms with Gasteiger partial charge in [-0.25, -0.2) is 4.79 Å². The lowest BCUT2D eigenvalue weighted by molar-refractivity contribution is -0.144. The van der Waals surface area contributed by atoms with Gasteiger partial charge in [-0.3, -0.25) is 4.79 Å². The minimum absolute atomic E-state index is 0.0119. The van der Waals surface area contributed by atoms with Crippen LogP contribution in [0.25, 0.3) is 0 Å². The Labute approximate surface area is 83.2 Å². The zero-order valence-corrected chi connectivity index (χ0v) is 8.50. The number of hydrogen-bond acceptors (Lipinski definition) is 4. The van der Waals surface area contributed by atoms with E-state index in [9.17, 15) is 9.59 Å². The molecule has 0 bridgehead atoms. The average molecular weight is 200 g/mol. The topological polar surface area (TPSA) is 67.4 Å². The van der Waals surface area contributed by atoms with Gasteiger partial charge >= 0.3 is 5.97 Å². The second kappa shape index (κ2) is 4.95. The smallest absolute Gasteiger partial charge is 0.328 e. The summed E-state index contributed by atoms with van der Waals surface area (Å²) in [5, 5.41) is 5.71. The highest BCUT2D eigenvalue weighted by Crippen LogP contribution is 2.07. The molecule has 1 unspecified atom stereocenters. The van der Waals surface area contributed by atoms with Crippen LogP contribution in [0, 0.1) is 5.92 Å². The predicted molar refractivity (Wildman–Crippen MR) is 50.6 cm³/mol. The zero-order valence-electron chi connectivity index (χ0n) is 8.50. The van der Waals surface area contributed by atoms with E-state index in [0.29, 0.717) is 6.54 Å². The number of rotatable bonds is 3. The number of esters is 1. The Hall–Kier alpha value is -1.10. The summed E-state index contributed by atoms with van der Waals surface area (Å²) in [6.07, 6.45) is 0.833. The van der Waals surface area contributed by atoms with Crippen molar-refractivity contribution in [2.45, 2.75) is 19.4 Å². The number of carbonyl (C=O) groups is 2. The molecule has 0 spiro atoms. The molecule has 1 amide bonds. The summed E-state index contributed by atoms with van der Waals surface area (Å²) in [5.41, 5.74) is 0. The molecule has 1 aliphatic rings. The molecule has 0 aromatic heterocycles. The molecule has 0 aromatic rings. The molecule has 14 heavy (non-hydrogen) atoms. The number of hydrogen-bond donors (Lipinski definition) is 2. The van der Waals surface area contributed by atoms with Crippen LogP contribution < -0.4 is 10.6 Å². The minimum Gasteiger partial charge on any atom is -0.467 e. The third-order valence-electron chi connectivity index (χ3n) is 2.34. The highest BCUT2D eigenvalue weighted by atomic mass is 16.5. The summed E-state index contributed by atoms with van der Waals surface area (Å²) < 4.78 is 4.51. The maximum atomic E-state index is 11.5. The standard InChI is InChI=1S/C9H16N2O3/c1-6(9(13)14-2)11-8(12)7-3-4-10-5-7/h6-7,10H,3-5H2,1-2H3,(H,11,12)/t6-,7?/m0/s1. The molecule has 5 nitrogen and oxygen atoms in total. The van der Waals surface area contributed by atoms with Crippen molar-refractivity contribution in [3.8, 4) is 0 Å². The largest absolute Gasteiger partial charge is 0.467 e. The van der Waals surface area contributed by atoms with Crippen molar-refractivity contribution in [3.05, 3.63) is 0 Å². The fourth-order valence-electron chi connectivity index (χ4n) is 1.45. The summed E-state index contributed by atoms with van der Waals surface area (Å²) >= 11 is 0. The van der Waals surface area contributed by atoms with Gasteiger partial charge in [-0.05, 0) is 19.9 Å². The van der Waals surface area contributed by atoms with Crippen molar-refractivity contribution in [1.82, 2.24) is 10.6 Å². The van der Waals surface area contributed by atoms with Crippen LogP contribution in [0.1, 0.15) is 13.3 Å². The molecule has 1 fully saturated rings. The zero-order chi connectivity index (χ0) is 10.6. The van der Waals surface area contributed by atoms with Crippen LogP contribution in [-0.2, 0) is 14.3 Å². The van der Waals surface area contributed by atoms with E-state index >= 15 is 0 Å². The Morgan fingerprint density at radius 3 is 2.79 bits per heavy atom. The molecule has 2 N–H and O–H groups in total. The molecule has 5 heteroatoms. The quantitative estimate of drug-likeness (QED) is 0.590. The van der Waals surface area contributed by atoms with E-state index < -0.39 is 12.0 Å². The molecule has 2 atom stereocenters. The second-order valence-corrected chi connectivity index (χ2v) is 3.44. The highest BCUT2D eigenvalue weighted by molar-refractivity contribution is 5.85. The van der Waals surface area contributed by atoms with Gasteiger partial charge in [0, 0.05) is 6.54 Å². The van der Waals surface area contributed by atoms with E-state index in [1.54, 1.807) is 6.92 Å². The minimum atomic E-state index is -0.562. The van der Waals surface area contributed by atoms with Crippen LogP contribution in [0.15, 0.2) is 0 Å². The molecule has 80 valence electrons. The fourth-order valence-corrected chi connectivity index (χ4v) is 1.45. The van der Waals surface area contributed by atoms with Gasteiger partial charge in [0.05, 0.1) is 13.0 Å². The molecule has 1 heterocycles. The van der Waals surface area contributed by atoms with Crippen molar-refractivity contribution in [1.29, 1.82) is 0 Å². The molecule has 1 rings (SSSR count). The number of methoxy groups -OCH3 is 1. The average Bonchev–Trinajstić information content (AvgIpc) is 2.69. The molecule has 0 saturated carbocycles. The Kier molecular flexibility index (Phi) is 3.88. The second-order valence-electron chi connectivity index (χ2n) is 3.44. The highest BCUT2D eigenvalue weighted by Gasteiger charge is 2.25. The molecule has 0 aliphatic carbocycles. The lowest BCUT2D eigenvalue weighted by Gasteiger charge is -2.14. The first-order chi connectivity index (χ1) is 6.65. The van der Waals surface area contributed by atoms with Gasteiger partial charge in [0.25, 0.3) is 0 Å². The van der Waals surface area contributed by atoms with E-state index in [-0.39, 0.29) is 11.8 Å². The molecule has 1 saturated heterocycles. The van der Waals surface area contributed by atoms with Crippen LogP contribution in [0.3, 0.4) is 0 Å². The van der Waals surface area contributed by atoms with Gasteiger partial charge in [-0.2, -0.15) is 0 Å². The molecule has 1 aliphatic heterocycles. The van der Waals surface area contributed by atoms with Crippen LogP contribution in [0.5, 0.6) is 0 Å². The van der Waals surface area contributed by atoms with E-state index in [4.69, 9.17) is 0 Å². The first-order valence-corrected chi connectivity index (χ1v) is 4.74. The summed E-state index contributed by atoms with van der Waals surface area (Å²) in [6, 6.07) is -0.562. The Morgan fingerprint density at radius 2 is 2.29 bits per heavy atom. The lowest BCUT2D eigenvalue weighted by Crippen LogP contribution is -2.42. The first-order valence-electron chi connectivity index (χ1n) is 4.74. The van der Waals surface area contributed by atoms with Gasteiger partial charge in [0.15, 0.2) is 0 Å². The lowest BCUT2D eigenvalue weighted by atomic mass is 10.1. The van der Waals surface area contributed by atoms with Crippen molar-refractivity contribution < 1.29 is 14.3 Å². The van der Waals surface area contributed by atoms with E-state index in [2.05, 4.69) is 15.4 Å². The molecular weight excluding hydrogens is 184 g/mol. The van der Waals surface area contributed by atoms with Crippen LogP contribution in [-0.4, -0.2) is 38.1 Å². The maximum absolute atomic E-state index is 11.5. The number of ether oxygens (including phenoxy) is 1. The predicted octanol–water partition coefficient (Wildman–Crippen LogP) is -0.726. The van der Waals surface area contributed by atoms with Gasteiger partial charge in [-0.1, -0.05) is 0 Å². The van der Waals surface area contributed by atoms with E-state index in [1.165, 1.54) is 7.11 Å². The van der Waals surface area contributed by atoms with E-state index in [1.807, 2.05) is 0 Å². The molecule has 0 aromatic carbocycles. The number of carbonyl (C=O) groups excluding carboxylic acids is 2. The Balaban J connectivity index is 2.35. The SMILES string of the molecule is COC(=O)[C@H](C)NC(=O)C1CCNC1. The van der Waals surface area contributed by atoms with Crippen molar-refractivity contribution >= 4 is 11.9 Å². The number of nitrogens with one attached hydrogen (secondary N) is 2. The Morgan fingerprint density at radius 1 is 1.57 bits per heavy atom. The fraction of sp³-hybridized carbons (Fsp3) is 0.778. The normalized spacial score (nSPS) is 22.9. The van der Waals surface area contributed by atoms with Crippen LogP contribution >= 0.6 is 0 Å². The Bertz CT molecular complexity index is 224. The van der Waals surface area contributed by atoms with Gasteiger partial charge in [-0.15, -0.1) is 0 Å². The van der Waals surface area contributed by atoms with Crippen LogP contribution in [0.4, 0.5) is 0 Å². The summed E-state index contributed by atoms with van der Waals surface area (Å²) in [5.74, 6) is -0.501. The number of amides is 1. The maximum Gasteiger partial charge on any atom is 0.328 e. The van der Waals surface area contributed by atoms with Crippen molar-refractivity contribution in [2.75, 3.05) is 20.2 Å². The van der Waals surface area contributed by atoms with E-state index in [0.717, 1.165) is 13.0 Å². The van der Waals surface area contributed by atoms with Gasteiger partial charge < -0.3 is 15.4 Å². The summed E-state index contributed by atoms with van der Waals surface area (Å²) in [4.78, 5) is 22.5. The molecular formula is C9H16N2O3. The van der Waals surface area contributed by atoms with Crippen molar-refractivity contribution in [2.24, 2.45) is 5.92 Å². The van der Waals surface area contributed by atoms with Crippen molar-refractivity contribution in [3.63, 3.8) is 0 Å². The first kappa shape index (κ1) is 11.0.